The van der Waals surface area contributed by atoms with E-state index < -0.39 is 11.9 Å². The Morgan fingerprint density at radius 1 is 0.846 bits per heavy atom. The van der Waals surface area contributed by atoms with Gasteiger partial charge in [-0.1, -0.05) is 27.7 Å². The Hall–Kier alpha value is -0.138. The Morgan fingerprint density at radius 3 is 0.923 bits per heavy atom. The molecular formula is C8H14CdO4. The Balaban J connectivity index is -0.000000143. The van der Waals surface area contributed by atoms with Crippen molar-refractivity contribution >= 4 is 11.9 Å². The topological polar surface area (TPSA) is 80.3 Å². The molecular weight excluding hydrogens is 272 g/mol. The molecule has 0 aliphatic heterocycles. The summed E-state index contributed by atoms with van der Waals surface area (Å²) in [5.41, 5.74) is 0. The molecule has 0 amide bonds. The van der Waals surface area contributed by atoms with E-state index in [4.69, 9.17) is 0 Å². The Kier molecular flexibility index (Phi) is 14.2. The first-order chi connectivity index (χ1) is 5.29. The van der Waals surface area contributed by atoms with Crippen LogP contribution in [0.15, 0.2) is 0 Å². The molecule has 0 N–H and O–H groups in total. The molecule has 0 aromatic heterocycles. The maximum absolute atomic E-state index is 9.59. The third kappa shape index (κ3) is 18.7. The van der Waals surface area contributed by atoms with Crippen LogP contribution in [0.3, 0.4) is 0 Å². The van der Waals surface area contributed by atoms with Gasteiger partial charge in [-0.3, -0.25) is 0 Å². The van der Waals surface area contributed by atoms with E-state index in [1.54, 1.807) is 27.7 Å². The van der Waals surface area contributed by atoms with Crippen LogP contribution in [0.1, 0.15) is 27.7 Å². The number of hydrogen-bond donors (Lipinski definition) is 0. The average Bonchev–Trinajstić information content (AvgIpc) is 1.88. The van der Waals surface area contributed by atoms with Crippen molar-refractivity contribution in [1.82, 2.24) is 0 Å². The molecule has 0 aliphatic rings. The number of carbonyl (C=O) groups excluding carboxylic acids is 2. The van der Waals surface area contributed by atoms with Crippen molar-refractivity contribution in [2.75, 3.05) is 0 Å². The number of carboxylic acid groups (broad SMARTS) is 2. The van der Waals surface area contributed by atoms with Crippen LogP contribution in [0.5, 0.6) is 0 Å². The van der Waals surface area contributed by atoms with Crippen LogP contribution >= 0.6 is 0 Å². The van der Waals surface area contributed by atoms with Gasteiger partial charge in [-0.2, -0.15) is 0 Å². The fourth-order valence-corrected chi connectivity index (χ4v) is 0. The minimum absolute atomic E-state index is 0. The van der Waals surface area contributed by atoms with E-state index in [1.807, 2.05) is 0 Å². The Morgan fingerprint density at radius 2 is 0.923 bits per heavy atom. The van der Waals surface area contributed by atoms with Crippen LogP contribution in [0.2, 0.25) is 0 Å². The Labute approximate surface area is 98.5 Å². The van der Waals surface area contributed by atoms with Crippen LogP contribution in [0.25, 0.3) is 0 Å². The molecule has 0 atom stereocenters. The van der Waals surface area contributed by atoms with Crippen LogP contribution in [0.4, 0.5) is 0 Å². The van der Waals surface area contributed by atoms with Crippen LogP contribution in [-0.4, -0.2) is 11.9 Å². The van der Waals surface area contributed by atoms with Crippen LogP contribution in [0, 0.1) is 11.8 Å². The normalized spacial score (nSPS) is 8.46. The number of aliphatic carboxylic acids is 2. The van der Waals surface area contributed by atoms with E-state index in [9.17, 15) is 19.8 Å². The largest absolute Gasteiger partial charge is 2.00 e. The molecule has 0 heterocycles. The molecule has 13 heavy (non-hydrogen) atoms. The Bertz CT molecular complexity index is 136. The van der Waals surface area contributed by atoms with Gasteiger partial charge in [0, 0.05) is 11.9 Å². The standard InChI is InChI=1S/2C4H8O2.Cd/c2*1-3(2)4(5)6;/h2*3H,1-2H3,(H,5,6);/q;;+2/p-2. The quantitative estimate of drug-likeness (QED) is 0.596. The molecule has 0 spiro atoms. The number of hydrogen-bond acceptors (Lipinski definition) is 4. The zero-order valence-electron chi connectivity index (χ0n) is 8.49. The van der Waals surface area contributed by atoms with Gasteiger partial charge in [0.2, 0.25) is 0 Å². The van der Waals surface area contributed by atoms with Gasteiger partial charge in [0.15, 0.2) is 0 Å². The SMILES string of the molecule is CC(C)C(=O)[O-].CC(C)C(=O)[O-].[Cd+2]. The van der Waals surface area contributed by atoms with E-state index in [1.165, 1.54) is 0 Å². The second kappa shape index (κ2) is 9.95. The molecule has 0 bridgehead atoms. The summed E-state index contributed by atoms with van der Waals surface area (Å²) in [5.74, 6) is -2.67. The van der Waals surface area contributed by atoms with Gasteiger partial charge >= 0.3 is 27.3 Å². The summed E-state index contributed by atoms with van der Waals surface area (Å²) in [7, 11) is 0. The summed E-state index contributed by atoms with van der Waals surface area (Å²) in [5, 5.41) is 19.2. The van der Waals surface area contributed by atoms with Gasteiger partial charge < -0.3 is 19.8 Å². The van der Waals surface area contributed by atoms with Gasteiger partial charge in [0.1, 0.15) is 0 Å². The molecule has 0 aromatic carbocycles. The molecule has 0 aliphatic carbocycles. The second-order valence-corrected chi connectivity index (χ2v) is 2.95. The van der Waals surface area contributed by atoms with E-state index in [0.29, 0.717) is 0 Å². The van der Waals surface area contributed by atoms with Crippen LogP contribution in [-0.2, 0) is 36.9 Å². The summed E-state index contributed by atoms with van der Waals surface area (Å²) in [6.07, 6.45) is 0. The fourth-order valence-electron chi connectivity index (χ4n) is 0. The molecule has 0 radical (unpaired) electrons. The maximum atomic E-state index is 9.59. The molecule has 72 valence electrons. The van der Waals surface area contributed by atoms with Crippen molar-refractivity contribution in [3.8, 4) is 0 Å². The molecule has 0 saturated carbocycles. The first-order valence-electron chi connectivity index (χ1n) is 3.70. The maximum Gasteiger partial charge on any atom is 2.00 e. The van der Waals surface area contributed by atoms with Crippen molar-refractivity contribution in [2.24, 2.45) is 11.8 Å². The summed E-state index contributed by atoms with van der Waals surface area (Å²) < 4.78 is 0. The van der Waals surface area contributed by atoms with Crippen molar-refractivity contribution in [1.29, 1.82) is 0 Å². The zero-order chi connectivity index (χ0) is 10.3. The number of carboxylic acids is 2. The van der Waals surface area contributed by atoms with E-state index in [2.05, 4.69) is 0 Å². The van der Waals surface area contributed by atoms with E-state index in [-0.39, 0.29) is 39.1 Å². The van der Waals surface area contributed by atoms with Crippen LogP contribution < -0.4 is 10.2 Å². The number of carbonyl (C=O) groups is 2. The average molecular weight is 287 g/mol. The van der Waals surface area contributed by atoms with E-state index >= 15 is 0 Å². The predicted molar refractivity (Wildman–Crippen MR) is 39.7 cm³/mol. The van der Waals surface area contributed by atoms with Gasteiger partial charge in [-0.05, 0) is 11.8 Å². The smallest absolute Gasteiger partial charge is 0.550 e. The number of rotatable bonds is 2. The summed E-state index contributed by atoms with van der Waals surface area (Å²) in [6.45, 7) is 6.31. The minimum Gasteiger partial charge on any atom is -0.550 e. The summed E-state index contributed by atoms with van der Waals surface area (Å²) >= 11 is 0. The van der Waals surface area contributed by atoms with E-state index in [0.717, 1.165) is 0 Å². The molecule has 0 rings (SSSR count). The molecule has 0 unspecified atom stereocenters. The first kappa shape index (κ1) is 18.6. The van der Waals surface area contributed by atoms with Gasteiger partial charge in [0.25, 0.3) is 0 Å². The second-order valence-electron chi connectivity index (χ2n) is 2.95. The predicted octanol–water partition coefficient (Wildman–Crippen LogP) is -1.22. The first-order valence-corrected chi connectivity index (χ1v) is 3.70. The minimum atomic E-state index is -0.991. The molecule has 5 heteroatoms. The van der Waals surface area contributed by atoms with Gasteiger partial charge in [0.05, 0.1) is 0 Å². The summed E-state index contributed by atoms with van der Waals surface area (Å²) in [4.78, 5) is 19.2. The molecule has 0 saturated heterocycles. The van der Waals surface area contributed by atoms with Gasteiger partial charge in [-0.15, -0.1) is 0 Å². The van der Waals surface area contributed by atoms with Crippen molar-refractivity contribution in [3.05, 3.63) is 0 Å². The molecule has 4 nitrogen and oxygen atoms in total. The fraction of sp³-hybridized carbons (Fsp3) is 0.750. The van der Waals surface area contributed by atoms with Crippen molar-refractivity contribution < 1.29 is 47.1 Å². The monoisotopic (exact) mass is 288 g/mol. The van der Waals surface area contributed by atoms with Crippen molar-refractivity contribution in [3.63, 3.8) is 0 Å². The molecule has 0 fully saturated rings. The zero-order valence-corrected chi connectivity index (χ0v) is 12.5. The van der Waals surface area contributed by atoms with Crippen molar-refractivity contribution in [2.45, 2.75) is 27.7 Å². The third-order valence-corrected chi connectivity index (χ3v) is 0.943. The summed E-state index contributed by atoms with van der Waals surface area (Å²) in [6, 6.07) is 0. The van der Waals surface area contributed by atoms with Gasteiger partial charge in [-0.25, -0.2) is 0 Å². The molecule has 0 aromatic rings. The third-order valence-electron chi connectivity index (χ3n) is 0.943.